The molecule has 1 fully saturated rings. The van der Waals surface area contributed by atoms with Gasteiger partial charge in [0.1, 0.15) is 6.54 Å². The molecule has 1 saturated heterocycles. The minimum Gasteiger partial charge on any atom is -0.325 e. The third-order valence-corrected chi connectivity index (χ3v) is 3.69. The van der Waals surface area contributed by atoms with E-state index < -0.39 is 30.3 Å². The van der Waals surface area contributed by atoms with Crippen molar-refractivity contribution in [1.29, 1.82) is 5.26 Å². The van der Waals surface area contributed by atoms with Crippen LogP contribution in [0.3, 0.4) is 0 Å². The first-order chi connectivity index (χ1) is 12.0. The molecule has 2 rings (SSSR count). The Kier molecular flexibility index (Phi) is 5.84. The standard InChI is InChI=1S/C17H18N4O4/c1-2-3-10-20-15(23)16(24)21(17(20)25)11-14(22)19-13-6-4-12(5-7-13)8-9-18/h4-7H,2-3,8,10-11H2,1H3,(H,19,22). The first-order valence-electron chi connectivity index (χ1n) is 7.91. The van der Waals surface area contributed by atoms with Crippen LogP contribution in [0, 0.1) is 11.3 Å². The number of unbranched alkanes of at least 4 members (excludes halogenated alkanes) is 1. The lowest BCUT2D eigenvalue weighted by Gasteiger charge is -2.15. The Bertz CT molecular complexity index is 736. The topological polar surface area (TPSA) is 111 Å². The number of nitrogens with one attached hydrogen (secondary N) is 1. The molecule has 1 heterocycles. The normalized spacial score (nSPS) is 14.0. The SMILES string of the molecule is CCCCN1C(=O)C(=O)N(CC(=O)Nc2ccc(CC#N)cc2)C1=O. The number of nitrogens with zero attached hydrogens (tertiary/aromatic N) is 3. The number of hydrogen-bond donors (Lipinski definition) is 1. The van der Waals surface area contributed by atoms with Crippen LogP contribution >= 0.6 is 0 Å². The van der Waals surface area contributed by atoms with Gasteiger partial charge in [-0.25, -0.2) is 9.69 Å². The fourth-order valence-corrected chi connectivity index (χ4v) is 2.34. The smallest absolute Gasteiger partial charge is 0.325 e. The fraction of sp³-hybridized carbons (Fsp3) is 0.353. The summed E-state index contributed by atoms with van der Waals surface area (Å²) >= 11 is 0. The van der Waals surface area contributed by atoms with E-state index >= 15 is 0 Å². The Balaban J connectivity index is 1.97. The number of amides is 5. The molecule has 0 aliphatic carbocycles. The highest BCUT2D eigenvalue weighted by atomic mass is 16.2. The van der Waals surface area contributed by atoms with Gasteiger partial charge in [0.25, 0.3) is 0 Å². The molecule has 5 amide bonds. The van der Waals surface area contributed by atoms with Gasteiger partial charge in [0.15, 0.2) is 0 Å². The van der Waals surface area contributed by atoms with Crippen molar-refractivity contribution < 1.29 is 19.2 Å². The second kappa shape index (κ2) is 8.06. The van der Waals surface area contributed by atoms with Gasteiger partial charge in [-0.2, -0.15) is 5.26 Å². The summed E-state index contributed by atoms with van der Waals surface area (Å²) in [6.07, 6.45) is 1.63. The third-order valence-electron chi connectivity index (χ3n) is 3.69. The van der Waals surface area contributed by atoms with Crippen LogP contribution in [0.2, 0.25) is 0 Å². The molecule has 0 radical (unpaired) electrons. The lowest BCUT2D eigenvalue weighted by Crippen LogP contribution is -2.39. The number of imide groups is 2. The van der Waals surface area contributed by atoms with Gasteiger partial charge < -0.3 is 5.32 Å². The molecule has 0 unspecified atom stereocenters. The summed E-state index contributed by atoms with van der Waals surface area (Å²) in [6, 6.07) is 7.89. The number of carbonyl (C=O) groups is 4. The Hall–Kier alpha value is -3.21. The molecule has 1 aliphatic heterocycles. The van der Waals surface area contributed by atoms with E-state index in [0.29, 0.717) is 17.0 Å². The summed E-state index contributed by atoms with van der Waals surface area (Å²) in [6.45, 7) is 1.55. The highest BCUT2D eigenvalue weighted by Crippen LogP contribution is 2.14. The summed E-state index contributed by atoms with van der Waals surface area (Å²) in [5.41, 5.74) is 1.28. The minimum atomic E-state index is -0.986. The van der Waals surface area contributed by atoms with Crippen LogP contribution < -0.4 is 5.32 Å². The largest absolute Gasteiger partial charge is 0.334 e. The molecular formula is C17H18N4O4. The predicted octanol–water partition coefficient (Wildman–Crippen LogP) is 1.28. The maximum atomic E-state index is 12.1. The van der Waals surface area contributed by atoms with Crippen molar-refractivity contribution in [3.8, 4) is 6.07 Å². The van der Waals surface area contributed by atoms with Crippen LogP contribution in [0.4, 0.5) is 10.5 Å². The van der Waals surface area contributed by atoms with E-state index in [4.69, 9.17) is 5.26 Å². The lowest BCUT2D eigenvalue weighted by molar-refractivity contribution is -0.143. The summed E-state index contributed by atoms with van der Waals surface area (Å²) in [5.74, 6) is -2.47. The summed E-state index contributed by atoms with van der Waals surface area (Å²) in [5, 5.41) is 11.2. The molecule has 25 heavy (non-hydrogen) atoms. The van der Waals surface area contributed by atoms with Crippen LogP contribution in [-0.4, -0.2) is 46.6 Å². The van der Waals surface area contributed by atoms with Gasteiger partial charge in [0.2, 0.25) is 5.91 Å². The van der Waals surface area contributed by atoms with Gasteiger partial charge in [0, 0.05) is 12.2 Å². The van der Waals surface area contributed by atoms with E-state index in [1.807, 2.05) is 13.0 Å². The average molecular weight is 342 g/mol. The molecule has 8 heteroatoms. The summed E-state index contributed by atoms with van der Waals surface area (Å²) < 4.78 is 0. The van der Waals surface area contributed by atoms with E-state index in [9.17, 15) is 19.2 Å². The summed E-state index contributed by atoms with van der Waals surface area (Å²) in [4.78, 5) is 49.4. The number of urea groups is 1. The second-order valence-electron chi connectivity index (χ2n) is 5.56. The molecule has 1 aliphatic rings. The number of carbonyl (C=O) groups excluding carboxylic acids is 4. The summed E-state index contributed by atoms with van der Waals surface area (Å²) in [7, 11) is 0. The minimum absolute atomic E-state index is 0.165. The van der Waals surface area contributed by atoms with Crippen molar-refractivity contribution in [3.05, 3.63) is 29.8 Å². The molecule has 1 aromatic rings. The number of benzene rings is 1. The third kappa shape index (κ3) is 4.20. The van der Waals surface area contributed by atoms with Crippen LogP contribution in [0.1, 0.15) is 25.3 Å². The Morgan fingerprint density at radius 3 is 2.36 bits per heavy atom. The first kappa shape index (κ1) is 18.1. The van der Waals surface area contributed by atoms with Crippen LogP contribution in [0.15, 0.2) is 24.3 Å². The van der Waals surface area contributed by atoms with E-state index in [-0.39, 0.29) is 13.0 Å². The fourth-order valence-electron chi connectivity index (χ4n) is 2.34. The maximum absolute atomic E-state index is 12.1. The first-order valence-corrected chi connectivity index (χ1v) is 7.91. The van der Waals surface area contributed by atoms with Crippen LogP contribution in [-0.2, 0) is 20.8 Å². The van der Waals surface area contributed by atoms with E-state index in [0.717, 1.165) is 16.9 Å². The Morgan fingerprint density at radius 1 is 1.12 bits per heavy atom. The van der Waals surface area contributed by atoms with Gasteiger partial charge >= 0.3 is 17.8 Å². The van der Waals surface area contributed by atoms with Crippen molar-refractivity contribution in [2.45, 2.75) is 26.2 Å². The van der Waals surface area contributed by atoms with Gasteiger partial charge in [-0.15, -0.1) is 0 Å². The number of hydrogen-bond acceptors (Lipinski definition) is 5. The van der Waals surface area contributed by atoms with Crippen molar-refractivity contribution >= 4 is 29.4 Å². The van der Waals surface area contributed by atoms with Gasteiger partial charge in [-0.3, -0.25) is 19.3 Å². The number of rotatable bonds is 7. The van der Waals surface area contributed by atoms with Crippen molar-refractivity contribution in [2.24, 2.45) is 0 Å². The van der Waals surface area contributed by atoms with E-state index in [2.05, 4.69) is 5.32 Å². The molecule has 1 N–H and O–H groups in total. The molecule has 0 bridgehead atoms. The molecule has 8 nitrogen and oxygen atoms in total. The zero-order chi connectivity index (χ0) is 18.4. The van der Waals surface area contributed by atoms with Gasteiger partial charge in [-0.05, 0) is 24.1 Å². The van der Waals surface area contributed by atoms with Gasteiger partial charge in [0.05, 0.1) is 12.5 Å². The van der Waals surface area contributed by atoms with Crippen LogP contribution in [0.25, 0.3) is 0 Å². The second-order valence-corrected chi connectivity index (χ2v) is 5.56. The van der Waals surface area contributed by atoms with E-state index in [1.54, 1.807) is 24.3 Å². The molecular weight excluding hydrogens is 324 g/mol. The average Bonchev–Trinajstić information content (AvgIpc) is 2.79. The van der Waals surface area contributed by atoms with Crippen LogP contribution in [0.5, 0.6) is 0 Å². The molecule has 0 aromatic heterocycles. The number of nitriles is 1. The zero-order valence-electron chi connectivity index (χ0n) is 13.8. The van der Waals surface area contributed by atoms with E-state index in [1.165, 1.54) is 0 Å². The Morgan fingerprint density at radius 2 is 1.76 bits per heavy atom. The lowest BCUT2D eigenvalue weighted by atomic mass is 10.1. The van der Waals surface area contributed by atoms with Crippen molar-refractivity contribution in [2.75, 3.05) is 18.4 Å². The molecule has 0 spiro atoms. The monoisotopic (exact) mass is 342 g/mol. The highest BCUT2D eigenvalue weighted by molar-refractivity contribution is 6.45. The molecule has 130 valence electrons. The van der Waals surface area contributed by atoms with Gasteiger partial charge in [-0.1, -0.05) is 25.5 Å². The maximum Gasteiger partial charge on any atom is 0.334 e. The quantitative estimate of drug-likeness (QED) is 0.593. The number of anilines is 1. The molecule has 1 aromatic carbocycles. The zero-order valence-corrected chi connectivity index (χ0v) is 13.8. The Labute approximate surface area is 145 Å². The van der Waals surface area contributed by atoms with Crippen molar-refractivity contribution in [1.82, 2.24) is 9.80 Å². The molecule has 0 saturated carbocycles. The molecule has 0 atom stereocenters. The predicted molar refractivity (Wildman–Crippen MR) is 88.1 cm³/mol. The van der Waals surface area contributed by atoms with Crippen molar-refractivity contribution in [3.63, 3.8) is 0 Å². The highest BCUT2D eigenvalue weighted by Gasteiger charge is 2.44.